The second kappa shape index (κ2) is 3.28. The second-order valence-corrected chi connectivity index (χ2v) is 4.42. The van der Waals surface area contributed by atoms with Crippen LogP contribution in [0, 0.1) is 0 Å². The van der Waals surface area contributed by atoms with Crippen molar-refractivity contribution in [3.8, 4) is 0 Å². The maximum Gasteiger partial charge on any atom is 0.196 e. The number of hydrogen-bond donors (Lipinski definition) is 1. The number of nitrogens with two attached hydrogens (primary N) is 1. The Morgan fingerprint density at radius 1 is 1.12 bits per heavy atom. The van der Waals surface area contributed by atoms with Gasteiger partial charge >= 0.3 is 0 Å². The largest absolute Gasteiger partial charge is 0.382 e. The van der Waals surface area contributed by atoms with Gasteiger partial charge in [0.1, 0.15) is 5.82 Å². The van der Waals surface area contributed by atoms with Crippen molar-refractivity contribution < 1.29 is 0 Å². The molecule has 0 amide bonds. The molecular formula is C12H8N2OS. The van der Waals surface area contributed by atoms with E-state index in [9.17, 15) is 4.79 Å². The molecule has 2 heterocycles. The summed E-state index contributed by atoms with van der Waals surface area (Å²) in [5.41, 5.74) is 6.52. The maximum absolute atomic E-state index is 12.2. The van der Waals surface area contributed by atoms with Gasteiger partial charge in [-0.25, -0.2) is 4.98 Å². The number of fused-ring (bicyclic) bond motifs is 2. The molecule has 2 aromatic heterocycles. The van der Waals surface area contributed by atoms with Crippen molar-refractivity contribution in [3.05, 3.63) is 45.9 Å². The molecule has 0 spiro atoms. The average Bonchev–Trinajstić information content (AvgIpc) is 2.74. The van der Waals surface area contributed by atoms with Gasteiger partial charge in [-0.15, -0.1) is 11.3 Å². The Labute approximate surface area is 95.2 Å². The van der Waals surface area contributed by atoms with E-state index in [0.717, 1.165) is 4.70 Å². The van der Waals surface area contributed by atoms with Crippen molar-refractivity contribution in [1.29, 1.82) is 0 Å². The minimum atomic E-state index is -0.00366. The molecule has 2 N–H and O–H groups in total. The molecule has 0 fully saturated rings. The molecule has 0 aliphatic heterocycles. The van der Waals surface area contributed by atoms with Crippen molar-refractivity contribution in [1.82, 2.24) is 4.98 Å². The minimum absolute atomic E-state index is 0.00366. The summed E-state index contributed by atoms with van der Waals surface area (Å²) in [6, 6.07) is 9.06. The van der Waals surface area contributed by atoms with Crippen LogP contribution in [0.25, 0.3) is 21.0 Å². The van der Waals surface area contributed by atoms with Crippen molar-refractivity contribution in [2.45, 2.75) is 0 Å². The highest BCUT2D eigenvalue weighted by Gasteiger charge is 2.06. The highest BCUT2D eigenvalue weighted by molar-refractivity contribution is 7.17. The van der Waals surface area contributed by atoms with Crippen LogP contribution in [0.3, 0.4) is 0 Å². The zero-order chi connectivity index (χ0) is 11.1. The first-order chi connectivity index (χ1) is 7.77. The lowest BCUT2D eigenvalue weighted by atomic mass is 10.2. The van der Waals surface area contributed by atoms with E-state index >= 15 is 0 Å². The maximum atomic E-state index is 12.2. The molecule has 3 aromatic rings. The van der Waals surface area contributed by atoms with Crippen molar-refractivity contribution in [3.63, 3.8) is 0 Å². The van der Waals surface area contributed by atoms with Crippen LogP contribution in [0.5, 0.6) is 0 Å². The van der Waals surface area contributed by atoms with Crippen LogP contribution in [0.2, 0.25) is 0 Å². The molecule has 1 aromatic carbocycles. The standard InChI is InChI=1S/C12H8N2OS/c13-12-11-8(5-6-16-11)10(15)7-3-1-2-4-9(7)14-12/h1-6H,(H2,13,14). The molecule has 0 unspecified atom stereocenters. The predicted octanol–water partition coefficient (Wildman–Crippen LogP) is 2.39. The number of para-hydroxylation sites is 1. The molecule has 0 atom stereocenters. The fourth-order valence-electron chi connectivity index (χ4n) is 1.78. The van der Waals surface area contributed by atoms with Crippen LogP contribution in [0.1, 0.15) is 0 Å². The fraction of sp³-hybridized carbons (Fsp3) is 0. The van der Waals surface area contributed by atoms with Crippen LogP contribution < -0.4 is 11.2 Å². The monoisotopic (exact) mass is 228 g/mol. The molecular weight excluding hydrogens is 220 g/mol. The molecule has 0 saturated heterocycles. The molecule has 0 bridgehead atoms. The summed E-state index contributed by atoms with van der Waals surface area (Å²) in [6.07, 6.45) is 0. The van der Waals surface area contributed by atoms with E-state index in [4.69, 9.17) is 5.73 Å². The third-order valence-corrected chi connectivity index (χ3v) is 3.47. The smallest absolute Gasteiger partial charge is 0.196 e. The van der Waals surface area contributed by atoms with E-state index in [1.54, 1.807) is 18.2 Å². The summed E-state index contributed by atoms with van der Waals surface area (Å²) in [7, 11) is 0. The molecule has 4 heteroatoms. The normalized spacial score (nSPS) is 11.0. The van der Waals surface area contributed by atoms with Gasteiger partial charge in [0.25, 0.3) is 0 Å². The van der Waals surface area contributed by atoms with Gasteiger partial charge in [0, 0.05) is 10.8 Å². The molecule has 0 aliphatic carbocycles. The van der Waals surface area contributed by atoms with Crippen LogP contribution in [0.15, 0.2) is 40.5 Å². The number of benzene rings is 1. The van der Waals surface area contributed by atoms with Gasteiger partial charge in [0.15, 0.2) is 5.43 Å². The van der Waals surface area contributed by atoms with Crippen LogP contribution in [-0.4, -0.2) is 4.98 Å². The van der Waals surface area contributed by atoms with E-state index in [1.807, 2.05) is 17.5 Å². The van der Waals surface area contributed by atoms with Gasteiger partial charge in [-0.3, -0.25) is 4.79 Å². The molecule has 0 saturated carbocycles. The van der Waals surface area contributed by atoms with Gasteiger partial charge in [-0.2, -0.15) is 0 Å². The highest BCUT2D eigenvalue weighted by atomic mass is 32.1. The number of nitrogen functional groups attached to an aromatic ring is 1. The Bertz CT molecular complexity index is 749. The third-order valence-electron chi connectivity index (χ3n) is 2.53. The molecule has 78 valence electrons. The lowest BCUT2D eigenvalue weighted by molar-refractivity contribution is 1.46. The number of anilines is 1. The number of nitrogens with zero attached hydrogens (tertiary/aromatic N) is 1. The topological polar surface area (TPSA) is 56.0 Å². The summed E-state index contributed by atoms with van der Waals surface area (Å²) >= 11 is 1.44. The zero-order valence-electron chi connectivity index (χ0n) is 8.31. The number of hydrogen-bond acceptors (Lipinski definition) is 4. The lowest BCUT2D eigenvalue weighted by Crippen LogP contribution is -1.96. The minimum Gasteiger partial charge on any atom is -0.382 e. The molecule has 0 radical (unpaired) electrons. The lowest BCUT2D eigenvalue weighted by Gasteiger charge is -1.88. The van der Waals surface area contributed by atoms with Gasteiger partial charge in [-0.05, 0) is 23.6 Å². The average molecular weight is 228 g/mol. The molecule has 0 aliphatic rings. The van der Waals surface area contributed by atoms with Gasteiger partial charge in [0.2, 0.25) is 0 Å². The molecule has 3 nitrogen and oxygen atoms in total. The number of rotatable bonds is 0. The van der Waals surface area contributed by atoms with Gasteiger partial charge < -0.3 is 5.73 Å². The first-order valence-electron chi connectivity index (χ1n) is 4.83. The first kappa shape index (κ1) is 9.30. The summed E-state index contributed by atoms with van der Waals surface area (Å²) in [6.45, 7) is 0. The Morgan fingerprint density at radius 2 is 1.94 bits per heavy atom. The van der Waals surface area contributed by atoms with Crippen molar-refractivity contribution >= 4 is 38.1 Å². The highest BCUT2D eigenvalue weighted by Crippen LogP contribution is 2.23. The summed E-state index contributed by atoms with van der Waals surface area (Å²) in [5.74, 6) is 0.420. The van der Waals surface area contributed by atoms with Crippen LogP contribution in [0.4, 0.5) is 5.82 Å². The predicted molar refractivity (Wildman–Crippen MR) is 67.8 cm³/mol. The van der Waals surface area contributed by atoms with E-state index < -0.39 is 0 Å². The molecule has 16 heavy (non-hydrogen) atoms. The van der Waals surface area contributed by atoms with Gasteiger partial charge in [-0.1, -0.05) is 12.1 Å². The van der Waals surface area contributed by atoms with Crippen LogP contribution >= 0.6 is 11.3 Å². The van der Waals surface area contributed by atoms with E-state index in [0.29, 0.717) is 22.1 Å². The summed E-state index contributed by atoms with van der Waals surface area (Å²) < 4.78 is 0.765. The van der Waals surface area contributed by atoms with Crippen LogP contribution in [-0.2, 0) is 0 Å². The number of aromatic nitrogens is 1. The second-order valence-electron chi connectivity index (χ2n) is 3.51. The van der Waals surface area contributed by atoms with E-state index in [1.165, 1.54) is 11.3 Å². The quantitative estimate of drug-likeness (QED) is 0.642. The fourth-order valence-corrected chi connectivity index (χ4v) is 2.57. The Hall–Kier alpha value is -1.94. The Kier molecular flexibility index (Phi) is 1.91. The SMILES string of the molecule is Nc1nc2ccccc2c(=O)c2ccsc12. The Balaban J connectivity index is 2.74. The summed E-state index contributed by atoms with van der Waals surface area (Å²) in [5, 5.41) is 3.12. The Morgan fingerprint density at radius 3 is 2.81 bits per heavy atom. The van der Waals surface area contributed by atoms with Crippen molar-refractivity contribution in [2.24, 2.45) is 0 Å². The molecule has 3 rings (SSSR count). The third kappa shape index (κ3) is 1.20. The van der Waals surface area contributed by atoms with E-state index in [2.05, 4.69) is 4.98 Å². The zero-order valence-corrected chi connectivity index (χ0v) is 9.12. The number of thiophene rings is 1. The van der Waals surface area contributed by atoms with E-state index in [-0.39, 0.29) is 5.43 Å². The van der Waals surface area contributed by atoms with Crippen molar-refractivity contribution in [2.75, 3.05) is 5.73 Å². The summed E-state index contributed by atoms with van der Waals surface area (Å²) in [4.78, 5) is 16.5. The first-order valence-corrected chi connectivity index (χ1v) is 5.71. The van der Waals surface area contributed by atoms with Gasteiger partial charge in [0.05, 0.1) is 10.2 Å².